The summed E-state index contributed by atoms with van der Waals surface area (Å²) >= 11 is 0. The van der Waals surface area contributed by atoms with Crippen LogP contribution in [0.15, 0.2) is 324 Å². The maximum absolute atomic E-state index is 6.64. The molecule has 0 bridgehead atoms. The summed E-state index contributed by atoms with van der Waals surface area (Å²) in [4.78, 5) is 10.3. The van der Waals surface area contributed by atoms with Crippen LogP contribution in [0.5, 0.6) is 0 Å². The molecule has 0 amide bonds. The van der Waals surface area contributed by atoms with E-state index in [2.05, 4.69) is 334 Å². The van der Waals surface area contributed by atoms with Crippen molar-refractivity contribution in [2.75, 3.05) is 0 Å². The van der Waals surface area contributed by atoms with Crippen molar-refractivity contribution in [1.82, 2.24) is 19.1 Å². The van der Waals surface area contributed by atoms with E-state index in [1.54, 1.807) is 0 Å². The van der Waals surface area contributed by atoms with E-state index in [1.165, 1.54) is 142 Å². The molecule has 0 spiro atoms. The Hall–Kier alpha value is -13.2. The Morgan fingerprint density at radius 1 is 0.260 bits per heavy atom. The van der Waals surface area contributed by atoms with Crippen molar-refractivity contribution in [3.05, 3.63) is 338 Å². The van der Waals surface area contributed by atoms with E-state index in [-0.39, 0.29) is 10.8 Å². The standard InChI is InChI=1S/C51H33NO.C47H31N3O/c1-51(2)44-25-24-40-39-19-8-10-21-48(39)53-50(40)49(44)43-28-42-38-18-7-9-20-46(38)52(47(42)29-45(43)51)32-13-11-12-30(26-32)31-22-23-37-35-16-4-3-14-33(35)34-15-5-6-17-36(34)41(37)27-31;1-47(2)37-24-23-33-32-18-8-11-22-42(32)51-45(33)43(37)36-26-35-31-17-7-10-21-40(31)50(41(35)27-38(36)47)30-16-12-15-29(25-30)46-48-39-20-9-6-19-34(39)44(49-46)28-13-4-3-5-14-28/h3-29H,1-2H3;3-27H,1-2H3. The molecule has 488 valence electrons. The minimum Gasteiger partial charge on any atom is -0.455 e. The smallest absolute Gasteiger partial charge is 0.160 e. The van der Waals surface area contributed by atoms with Gasteiger partial charge in [0.2, 0.25) is 0 Å². The number of hydrogen-bond acceptors (Lipinski definition) is 4. The van der Waals surface area contributed by atoms with Crippen LogP contribution in [0.3, 0.4) is 0 Å². The first-order valence-corrected chi connectivity index (χ1v) is 36.0. The van der Waals surface area contributed by atoms with Gasteiger partial charge in [-0.25, -0.2) is 9.97 Å². The zero-order valence-corrected chi connectivity index (χ0v) is 57.6. The Kier molecular flexibility index (Phi) is 12.2. The van der Waals surface area contributed by atoms with Gasteiger partial charge in [-0.15, -0.1) is 0 Å². The second kappa shape index (κ2) is 21.7. The summed E-state index contributed by atoms with van der Waals surface area (Å²) in [7, 11) is 0. The van der Waals surface area contributed by atoms with Gasteiger partial charge in [0.15, 0.2) is 5.82 Å². The second-order valence-electron chi connectivity index (χ2n) is 29.4. The molecule has 16 aromatic carbocycles. The van der Waals surface area contributed by atoms with E-state index < -0.39 is 0 Å². The molecule has 0 aliphatic heterocycles. The number of nitrogens with zero attached hydrogens (tertiary/aromatic N) is 4. The number of benzene rings is 16. The van der Waals surface area contributed by atoms with E-state index in [4.69, 9.17) is 18.8 Å². The van der Waals surface area contributed by atoms with E-state index in [1.807, 2.05) is 18.2 Å². The highest BCUT2D eigenvalue weighted by atomic mass is 16.3. The average Bonchev–Trinajstić information content (AvgIpc) is 1.43. The SMILES string of the molecule is CC1(C)c2cc3c(cc2-c2c1ccc1c2oc2ccccc21)c1ccccc1n3-c1cccc(-c2ccc3c4ccccc4c4ccccc4c3c2)c1.CC1(C)c2cc3c(cc2-c2c1ccc1c2oc2ccccc21)c1ccccc1n3-c1cccc(-c2nc(-c3ccccc3)c3ccccc3n2)c1. The quantitative estimate of drug-likeness (QED) is 0.161. The van der Waals surface area contributed by atoms with Gasteiger partial charge < -0.3 is 18.0 Å². The molecule has 0 radical (unpaired) electrons. The van der Waals surface area contributed by atoms with Crippen molar-refractivity contribution >= 4 is 131 Å². The molecule has 0 unspecified atom stereocenters. The third kappa shape index (κ3) is 8.33. The molecule has 21 aromatic rings. The van der Waals surface area contributed by atoms with Gasteiger partial charge in [0.1, 0.15) is 22.3 Å². The largest absolute Gasteiger partial charge is 0.455 e. The average molecular weight is 1330 g/mol. The Labute approximate surface area is 598 Å². The first-order chi connectivity index (χ1) is 51.1. The lowest BCUT2D eigenvalue weighted by molar-refractivity contribution is 0.653. The van der Waals surface area contributed by atoms with Crippen molar-refractivity contribution in [1.29, 1.82) is 0 Å². The van der Waals surface area contributed by atoms with E-state index in [0.29, 0.717) is 5.82 Å². The number of aromatic nitrogens is 4. The third-order valence-corrected chi connectivity index (χ3v) is 23.1. The third-order valence-electron chi connectivity index (χ3n) is 23.1. The number of para-hydroxylation sites is 5. The monoisotopic (exact) mass is 1330 g/mol. The molecular formula is C98H64N4O2. The highest BCUT2D eigenvalue weighted by Crippen LogP contribution is 2.57. The molecule has 5 heterocycles. The topological polar surface area (TPSA) is 61.9 Å². The number of furan rings is 2. The minimum absolute atomic E-state index is 0.187. The Balaban J connectivity index is 0.000000131. The zero-order valence-electron chi connectivity index (χ0n) is 57.6. The molecule has 6 nitrogen and oxygen atoms in total. The molecule has 23 rings (SSSR count). The van der Waals surface area contributed by atoms with Crippen molar-refractivity contribution in [3.63, 3.8) is 0 Å². The maximum atomic E-state index is 6.64. The molecular weight excluding hydrogens is 1270 g/mol. The van der Waals surface area contributed by atoms with E-state index in [9.17, 15) is 0 Å². The molecule has 0 N–H and O–H groups in total. The zero-order chi connectivity index (χ0) is 68.8. The Morgan fingerprint density at radius 3 is 1.22 bits per heavy atom. The summed E-state index contributed by atoms with van der Waals surface area (Å²) in [5.74, 6) is 0.711. The maximum Gasteiger partial charge on any atom is 0.160 e. The van der Waals surface area contributed by atoms with Crippen LogP contribution in [0.1, 0.15) is 49.9 Å². The molecule has 2 aliphatic carbocycles. The van der Waals surface area contributed by atoms with E-state index >= 15 is 0 Å². The fourth-order valence-corrected chi connectivity index (χ4v) is 18.2. The number of hydrogen-bond donors (Lipinski definition) is 0. The number of fused-ring (bicyclic) bond motifs is 27. The molecule has 0 saturated carbocycles. The second-order valence-corrected chi connectivity index (χ2v) is 29.4. The van der Waals surface area contributed by atoms with Crippen molar-refractivity contribution < 1.29 is 8.83 Å². The fraction of sp³-hybridized carbons (Fsp3) is 0.0612. The van der Waals surface area contributed by atoms with Gasteiger partial charge in [-0.05, 0) is 162 Å². The summed E-state index contributed by atoms with van der Waals surface area (Å²) in [5.41, 5.74) is 27.0. The Morgan fingerprint density at radius 2 is 0.673 bits per heavy atom. The minimum atomic E-state index is -0.206. The molecule has 2 aliphatic rings. The normalized spacial score (nSPS) is 13.5. The lowest BCUT2D eigenvalue weighted by atomic mass is 9.82. The van der Waals surface area contributed by atoms with Crippen LogP contribution in [-0.4, -0.2) is 19.1 Å². The van der Waals surface area contributed by atoms with Gasteiger partial charge in [-0.3, -0.25) is 0 Å². The highest BCUT2D eigenvalue weighted by Gasteiger charge is 2.41. The molecule has 104 heavy (non-hydrogen) atoms. The van der Waals surface area contributed by atoms with Crippen LogP contribution in [-0.2, 0) is 10.8 Å². The molecule has 0 atom stereocenters. The Bertz CT molecular complexity index is 7260. The summed E-state index contributed by atoms with van der Waals surface area (Å²) in [6, 6.07) is 114. The molecule has 5 aromatic heterocycles. The van der Waals surface area contributed by atoms with Gasteiger partial charge in [0.05, 0.1) is 33.3 Å². The van der Waals surface area contributed by atoms with Crippen LogP contribution >= 0.6 is 0 Å². The van der Waals surface area contributed by atoms with Crippen LogP contribution in [0.2, 0.25) is 0 Å². The van der Waals surface area contributed by atoms with Crippen LogP contribution in [0.4, 0.5) is 0 Å². The first kappa shape index (κ1) is 58.6. The van der Waals surface area contributed by atoms with Gasteiger partial charge in [-0.1, -0.05) is 258 Å². The summed E-state index contributed by atoms with van der Waals surface area (Å²) < 4.78 is 18.1. The van der Waals surface area contributed by atoms with Crippen LogP contribution in [0, 0.1) is 0 Å². The lowest BCUT2D eigenvalue weighted by Gasteiger charge is -2.21. The van der Waals surface area contributed by atoms with Crippen LogP contribution in [0.25, 0.3) is 198 Å². The van der Waals surface area contributed by atoms with E-state index in [0.717, 1.165) is 72.3 Å². The van der Waals surface area contributed by atoms with Gasteiger partial charge in [-0.2, -0.15) is 0 Å². The lowest BCUT2D eigenvalue weighted by Crippen LogP contribution is -2.15. The van der Waals surface area contributed by atoms with Crippen molar-refractivity contribution in [2.45, 2.75) is 38.5 Å². The first-order valence-electron chi connectivity index (χ1n) is 36.0. The predicted molar refractivity (Wildman–Crippen MR) is 433 cm³/mol. The molecule has 0 saturated heterocycles. The van der Waals surface area contributed by atoms with Gasteiger partial charge >= 0.3 is 0 Å². The summed E-state index contributed by atoms with van der Waals surface area (Å²) in [6.07, 6.45) is 0. The fourth-order valence-electron chi connectivity index (χ4n) is 18.2. The molecule has 6 heteroatoms. The van der Waals surface area contributed by atoms with Crippen molar-refractivity contribution in [2.24, 2.45) is 0 Å². The highest BCUT2D eigenvalue weighted by molar-refractivity contribution is 6.26. The van der Waals surface area contributed by atoms with Gasteiger partial charge in [0.25, 0.3) is 0 Å². The van der Waals surface area contributed by atoms with Gasteiger partial charge in [0, 0.05) is 92.9 Å². The van der Waals surface area contributed by atoms with Crippen LogP contribution < -0.4 is 0 Å². The predicted octanol–water partition coefficient (Wildman–Crippen LogP) is 26.4. The summed E-state index contributed by atoms with van der Waals surface area (Å²) in [6.45, 7) is 9.40. The van der Waals surface area contributed by atoms with Crippen molar-refractivity contribution in [3.8, 4) is 67.4 Å². The number of rotatable bonds is 5. The molecule has 0 fully saturated rings. The summed E-state index contributed by atoms with van der Waals surface area (Å²) in [5, 5.41) is 18.4.